The molecule has 1 unspecified atom stereocenters. The molecule has 19 nitrogen and oxygen atoms in total. The molecule has 0 radical (unpaired) electrons. The highest BCUT2D eigenvalue weighted by atomic mass is 16.6. The maximum Gasteiger partial charge on any atom is 0.408 e. The molecule has 0 aliphatic rings. The van der Waals surface area contributed by atoms with E-state index < -0.39 is 23.7 Å². The van der Waals surface area contributed by atoms with E-state index in [1.807, 2.05) is 0 Å². The Bertz CT molecular complexity index is 898. The van der Waals surface area contributed by atoms with Crippen LogP contribution in [0.25, 0.3) is 0 Å². The molecule has 0 saturated carbocycles. The van der Waals surface area contributed by atoms with E-state index in [2.05, 4.69) is 10.6 Å². The molecule has 3 N–H and O–H groups in total. The number of hydrogen-bond donors (Lipinski definition) is 3. The Labute approximate surface area is 333 Å². The smallest absolute Gasteiger partial charge is 0.408 e. The highest BCUT2D eigenvalue weighted by Gasteiger charge is 2.23. The quantitative estimate of drug-likeness (QED) is 0.0743. The van der Waals surface area contributed by atoms with Crippen LogP contribution < -0.4 is 10.6 Å². The number of aliphatic carboxylic acids is 1. The number of amides is 2. The van der Waals surface area contributed by atoms with Gasteiger partial charge in [0, 0.05) is 20.1 Å². The summed E-state index contributed by atoms with van der Waals surface area (Å²) in [6.45, 7) is 16.3. The zero-order valence-corrected chi connectivity index (χ0v) is 34.4. The summed E-state index contributed by atoms with van der Waals surface area (Å²) in [7, 11) is 1.64. The summed E-state index contributed by atoms with van der Waals surface area (Å²) in [6.07, 6.45) is 0.728. The number of hydrogen-bond acceptors (Lipinski definition) is 16. The van der Waals surface area contributed by atoms with Gasteiger partial charge in [0.15, 0.2) is 0 Å². The number of nitrogens with one attached hydrogen (secondary N) is 2. The predicted molar refractivity (Wildman–Crippen MR) is 203 cm³/mol. The van der Waals surface area contributed by atoms with Gasteiger partial charge < -0.3 is 77.3 Å². The lowest BCUT2D eigenvalue weighted by Crippen LogP contribution is -2.43. The first-order valence-electron chi connectivity index (χ1n) is 19.5. The van der Waals surface area contributed by atoms with E-state index in [4.69, 9.17) is 61.6 Å². The van der Waals surface area contributed by atoms with Gasteiger partial charge in [-0.05, 0) is 40.0 Å². The number of unbranched alkanes of at least 4 members (excludes halogenated alkanes) is 1. The summed E-state index contributed by atoms with van der Waals surface area (Å²) in [5, 5.41) is 14.4. The highest BCUT2D eigenvalue weighted by molar-refractivity contribution is 5.80. The third-order valence-corrected chi connectivity index (χ3v) is 6.86. The minimum atomic E-state index is -1.14. The fraction of sp³-hybridized carbons (Fsp3) is 0.919. The van der Waals surface area contributed by atoms with Crippen LogP contribution in [0.5, 0.6) is 0 Å². The fourth-order valence-electron chi connectivity index (χ4n) is 4.11. The third kappa shape index (κ3) is 42.9. The van der Waals surface area contributed by atoms with Crippen molar-refractivity contribution in [1.82, 2.24) is 10.6 Å². The van der Waals surface area contributed by atoms with Gasteiger partial charge in [-0.15, -0.1) is 0 Å². The Morgan fingerprint density at radius 3 is 1.12 bits per heavy atom. The topological polar surface area (TPSA) is 215 Å². The van der Waals surface area contributed by atoms with Gasteiger partial charge in [-0.1, -0.05) is 0 Å². The van der Waals surface area contributed by atoms with Crippen molar-refractivity contribution in [3.63, 3.8) is 0 Å². The molecule has 19 heteroatoms. The number of carbonyl (C=O) groups is 3. The Kier molecular flexibility index (Phi) is 39.3. The maximum atomic E-state index is 12.0. The number of ether oxygens (including phenoxy) is 13. The minimum Gasteiger partial charge on any atom is -0.480 e. The Hall–Kier alpha value is -2.27. The van der Waals surface area contributed by atoms with Gasteiger partial charge in [0.2, 0.25) is 5.91 Å². The van der Waals surface area contributed by atoms with Crippen molar-refractivity contribution < 1.29 is 81.1 Å². The van der Waals surface area contributed by atoms with Crippen LogP contribution >= 0.6 is 0 Å². The minimum absolute atomic E-state index is 0.159. The summed E-state index contributed by atoms with van der Waals surface area (Å²) >= 11 is 0. The second-order valence-corrected chi connectivity index (χ2v) is 12.9. The Morgan fingerprint density at radius 2 is 0.821 bits per heavy atom. The number of carboxylic acids is 1. The molecular formula is C37H72N2O17. The van der Waals surface area contributed by atoms with Crippen LogP contribution in [0.15, 0.2) is 0 Å². The summed E-state index contributed by atoms with van der Waals surface area (Å²) in [5.41, 5.74) is -0.719. The van der Waals surface area contributed by atoms with Gasteiger partial charge in [-0.2, -0.15) is 0 Å². The van der Waals surface area contributed by atoms with E-state index in [9.17, 15) is 19.5 Å². The van der Waals surface area contributed by atoms with Crippen molar-refractivity contribution in [2.45, 2.75) is 58.1 Å². The highest BCUT2D eigenvalue weighted by Crippen LogP contribution is 2.08. The van der Waals surface area contributed by atoms with E-state index in [1.165, 1.54) is 0 Å². The number of rotatable bonds is 43. The number of alkyl carbamates (subject to hydrolysis) is 1. The van der Waals surface area contributed by atoms with Crippen molar-refractivity contribution in [3.8, 4) is 0 Å². The van der Waals surface area contributed by atoms with Crippen LogP contribution in [0.1, 0.15) is 46.5 Å². The zero-order valence-electron chi connectivity index (χ0n) is 34.4. The monoisotopic (exact) mass is 816 g/mol. The molecule has 0 heterocycles. The fourth-order valence-corrected chi connectivity index (χ4v) is 4.11. The van der Waals surface area contributed by atoms with Crippen LogP contribution in [0.2, 0.25) is 0 Å². The molecule has 56 heavy (non-hydrogen) atoms. The van der Waals surface area contributed by atoms with E-state index in [0.717, 1.165) is 0 Å². The van der Waals surface area contributed by atoms with Gasteiger partial charge in [-0.25, -0.2) is 9.59 Å². The van der Waals surface area contributed by atoms with Crippen LogP contribution in [0.4, 0.5) is 4.79 Å². The van der Waals surface area contributed by atoms with Crippen LogP contribution in [-0.4, -0.2) is 200 Å². The first kappa shape index (κ1) is 53.7. The molecule has 0 spiro atoms. The zero-order chi connectivity index (χ0) is 41.2. The van der Waals surface area contributed by atoms with Gasteiger partial charge in [0.05, 0.1) is 152 Å². The van der Waals surface area contributed by atoms with Crippen molar-refractivity contribution in [2.24, 2.45) is 0 Å². The molecule has 0 aromatic rings. The standard InChI is InChI=1S/C37H72N2O17/c1-37(2,3)56-36(43)39-33(35(41)42)7-5-6-9-38-34(40)8-10-45-13-14-47-17-18-49-21-22-51-25-26-53-29-30-55-32-31-54-28-27-52-24-23-50-20-19-48-16-15-46-12-11-44-4/h33H,5-32H2,1-4H3,(H,38,40)(H,39,43)(H,41,42). The van der Waals surface area contributed by atoms with Crippen LogP contribution in [0.3, 0.4) is 0 Å². The molecule has 0 aliphatic heterocycles. The lowest BCUT2D eigenvalue weighted by Gasteiger charge is -2.22. The number of carboxylic acid groups (broad SMARTS) is 1. The molecule has 1 atom stereocenters. The van der Waals surface area contributed by atoms with E-state index in [-0.39, 0.29) is 25.4 Å². The SMILES string of the molecule is COCCOCCOCCOCCOCCOCCOCCOCCOCCOCCOCCOCCC(=O)NCCCCC(NC(=O)OC(C)(C)C)C(=O)O. The third-order valence-electron chi connectivity index (χ3n) is 6.86. The van der Waals surface area contributed by atoms with E-state index in [0.29, 0.717) is 165 Å². The van der Waals surface area contributed by atoms with Crippen LogP contribution in [0, 0.1) is 0 Å². The Balaban J connectivity index is 3.29. The van der Waals surface area contributed by atoms with Gasteiger partial charge in [-0.3, -0.25) is 4.79 Å². The lowest BCUT2D eigenvalue weighted by atomic mass is 10.1. The molecule has 0 aromatic heterocycles. The summed E-state index contributed by atoms with van der Waals surface area (Å²) in [4.78, 5) is 35.2. The lowest BCUT2D eigenvalue weighted by molar-refractivity contribution is -0.139. The predicted octanol–water partition coefficient (Wildman–Crippen LogP) is 1.47. The second kappa shape index (κ2) is 40.9. The number of methoxy groups -OCH3 is 1. The van der Waals surface area contributed by atoms with Crippen LogP contribution in [-0.2, 0) is 71.2 Å². The average molecular weight is 817 g/mol. The van der Waals surface area contributed by atoms with Gasteiger partial charge >= 0.3 is 12.1 Å². The maximum absolute atomic E-state index is 12.0. The summed E-state index contributed by atoms with van der Waals surface area (Å²) < 4.78 is 69.8. The first-order valence-corrected chi connectivity index (χ1v) is 19.5. The van der Waals surface area contributed by atoms with E-state index in [1.54, 1.807) is 27.9 Å². The molecule has 0 aliphatic carbocycles. The van der Waals surface area contributed by atoms with Gasteiger partial charge in [0.1, 0.15) is 11.6 Å². The largest absolute Gasteiger partial charge is 0.480 e. The molecule has 332 valence electrons. The molecule has 2 amide bonds. The second-order valence-electron chi connectivity index (χ2n) is 12.9. The van der Waals surface area contributed by atoms with Crippen molar-refractivity contribution in [3.05, 3.63) is 0 Å². The summed E-state index contributed by atoms with van der Waals surface area (Å²) in [5.74, 6) is -1.30. The molecule has 0 rings (SSSR count). The van der Waals surface area contributed by atoms with Crippen molar-refractivity contribution >= 4 is 18.0 Å². The molecule has 0 aromatic carbocycles. The molecular weight excluding hydrogens is 744 g/mol. The molecule has 0 saturated heterocycles. The molecule has 0 fully saturated rings. The Morgan fingerprint density at radius 1 is 0.500 bits per heavy atom. The van der Waals surface area contributed by atoms with Crippen molar-refractivity contribution in [1.29, 1.82) is 0 Å². The number of carbonyl (C=O) groups excluding carboxylic acids is 2. The average Bonchev–Trinajstić information content (AvgIpc) is 3.15. The first-order chi connectivity index (χ1) is 27.2. The summed E-state index contributed by atoms with van der Waals surface area (Å²) in [6, 6.07) is -1.06. The molecule has 0 bridgehead atoms. The van der Waals surface area contributed by atoms with E-state index >= 15 is 0 Å². The van der Waals surface area contributed by atoms with Gasteiger partial charge in [0.25, 0.3) is 0 Å². The van der Waals surface area contributed by atoms with Crippen molar-refractivity contribution in [2.75, 3.05) is 166 Å². The normalized spacial score (nSPS) is 12.1.